The molecule has 0 spiro atoms. The van der Waals surface area contributed by atoms with E-state index in [1.54, 1.807) is 11.1 Å². The standard InChI is InChI=1S/C32H29N/c1-22-17-30(33(28-9-5-3-6-10-28)29-11-7-4-8-12-29)18-23(2)32(22)27-16-15-26-20-24-13-14-25(19-24)31(26)21-27/h3-12,15-18,20-21,25H,13-14,19H2,1-2H3. The fourth-order valence-corrected chi connectivity index (χ4v) is 5.84. The Kier molecular flexibility index (Phi) is 4.91. The monoisotopic (exact) mass is 427 g/mol. The lowest BCUT2D eigenvalue weighted by Gasteiger charge is -2.27. The minimum Gasteiger partial charge on any atom is -0.310 e. The van der Waals surface area contributed by atoms with Crippen molar-refractivity contribution in [3.8, 4) is 11.1 Å². The fraction of sp³-hybridized carbons (Fsp3) is 0.188. The largest absolute Gasteiger partial charge is 0.310 e. The van der Waals surface area contributed by atoms with Crippen molar-refractivity contribution in [1.29, 1.82) is 0 Å². The second-order valence-electron chi connectivity index (χ2n) is 9.55. The van der Waals surface area contributed by atoms with Crippen LogP contribution in [0.1, 0.15) is 47.4 Å². The van der Waals surface area contributed by atoms with Gasteiger partial charge in [0.2, 0.25) is 0 Å². The van der Waals surface area contributed by atoms with Crippen LogP contribution in [0.5, 0.6) is 0 Å². The van der Waals surface area contributed by atoms with Gasteiger partial charge in [-0.2, -0.15) is 0 Å². The van der Waals surface area contributed by atoms with Gasteiger partial charge in [-0.15, -0.1) is 0 Å². The fourth-order valence-electron chi connectivity index (χ4n) is 5.84. The number of nitrogens with zero attached hydrogens (tertiary/aromatic N) is 1. The minimum absolute atomic E-state index is 0.714. The summed E-state index contributed by atoms with van der Waals surface area (Å²) >= 11 is 0. The van der Waals surface area contributed by atoms with Crippen molar-refractivity contribution in [3.63, 3.8) is 0 Å². The summed E-state index contributed by atoms with van der Waals surface area (Å²) in [5.41, 5.74) is 13.5. The first-order valence-electron chi connectivity index (χ1n) is 12.0. The van der Waals surface area contributed by atoms with Gasteiger partial charge in [0.25, 0.3) is 0 Å². The zero-order valence-corrected chi connectivity index (χ0v) is 19.4. The molecular weight excluding hydrogens is 398 g/mol. The normalized spacial score (nSPS) is 16.3. The van der Waals surface area contributed by atoms with Crippen LogP contribution in [0.4, 0.5) is 17.1 Å². The number of rotatable bonds is 4. The molecule has 33 heavy (non-hydrogen) atoms. The molecular formula is C32H29N. The molecule has 0 aromatic heterocycles. The first kappa shape index (κ1) is 20.1. The van der Waals surface area contributed by atoms with Crippen molar-refractivity contribution in [2.24, 2.45) is 0 Å². The molecule has 2 aliphatic rings. The number of fused-ring (bicyclic) bond motifs is 4. The average Bonchev–Trinajstić information content (AvgIpc) is 3.23. The highest BCUT2D eigenvalue weighted by Gasteiger charge is 2.27. The molecule has 6 rings (SSSR count). The average molecular weight is 428 g/mol. The molecule has 1 nitrogen and oxygen atoms in total. The van der Waals surface area contributed by atoms with E-state index in [0.717, 1.165) is 0 Å². The van der Waals surface area contributed by atoms with Crippen LogP contribution in [0.25, 0.3) is 17.2 Å². The van der Waals surface area contributed by atoms with Crippen LogP contribution in [0, 0.1) is 13.8 Å². The Morgan fingerprint density at radius 3 is 1.97 bits per heavy atom. The van der Waals surface area contributed by atoms with Crippen molar-refractivity contribution in [2.45, 2.75) is 39.0 Å². The van der Waals surface area contributed by atoms with Gasteiger partial charge in [-0.25, -0.2) is 0 Å². The van der Waals surface area contributed by atoms with E-state index >= 15 is 0 Å². The predicted octanol–water partition coefficient (Wildman–Crippen LogP) is 9.10. The van der Waals surface area contributed by atoms with E-state index in [1.165, 1.54) is 64.1 Å². The van der Waals surface area contributed by atoms with Gasteiger partial charge in [0.05, 0.1) is 0 Å². The number of allylic oxidation sites excluding steroid dienone is 1. The molecule has 2 bridgehead atoms. The maximum Gasteiger partial charge on any atom is 0.0467 e. The van der Waals surface area contributed by atoms with Gasteiger partial charge in [-0.3, -0.25) is 0 Å². The van der Waals surface area contributed by atoms with Crippen LogP contribution in [-0.2, 0) is 0 Å². The highest BCUT2D eigenvalue weighted by molar-refractivity contribution is 5.82. The first-order valence-corrected chi connectivity index (χ1v) is 12.0. The third kappa shape index (κ3) is 3.58. The smallest absolute Gasteiger partial charge is 0.0467 e. The number of anilines is 3. The Hall–Kier alpha value is -3.58. The molecule has 1 atom stereocenters. The maximum atomic E-state index is 2.47. The number of para-hydroxylation sites is 2. The third-order valence-electron chi connectivity index (χ3n) is 7.30. The SMILES string of the molecule is Cc1cc(N(c2ccccc2)c2ccccc2)cc(C)c1-c1ccc2c(c1)C1CCC(=C2)C1. The summed E-state index contributed by atoms with van der Waals surface area (Å²) in [6.45, 7) is 4.51. The van der Waals surface area contributed by atoms with E-state index in [0.29, 0.717) is 5.92 Å². The lowest BCUT2D eigenvalue weighted by molar-refractivity contribution is 0.727. The Balaban J connectivity index is 1.45. The van der Waals surface area contributed by atoms with Crippen molar-refractivity contribution in [2.75, 3.05) is 4.90 Å². The molecule has 162 valence electrons. The van der Waals surface area contributed by atoms with Gasteiger partial charge in [0.15, 0.2) is 0 Å². The molecule has 0 heterocycles. The molecule has 0 amide bonds. The van der Waals surface area contributed by atoms with E-state index in [9.17, 15) is 0 Å². The molecule has 1 unspecified atom stereocenters. The Labute approximate surface area is 197 Å². The summed E-state index contributed by atoms with van der Waals surface area (Å²) in [5, 5.41) is 0. The molecule has 0 saturated heterocycles. The lowest BCUT2D eigenvalue weighted by atomic mass is 9.85. The Morgan fingerprint density at radius 1 is 0.697 bits per heavy atom. The van der Waals surface area contributed by atoms with Crippen LogP contribution in [-0.4, -0.2) is 0 Å². The van der Waals surface area contributed by atoms with E-state index in [2.05, 4.69) is 116 Å². The number of hydrogen-bond donors (Lipinski definition) is 0. The van der Waals surface area contributed by atoms with Gasteiger partial charge in [-0.1, -0.05) is 66.2 Å². The predicted molar refractivity (Wildman–Crippen MR) is 141 cm³/mol. The molecule has 0 N–H and O–H groups in total. The van der Waals surface area contributed by atoms with Crippen molar-refractivity contribution >= 4 is 23.1 Å². The quantitative estimate of drug-likeness (QED) is 0.314. The second-order valence-corrected chi connectivity index (χ2v) is 9.55. The highest BCUT2D eigenvalue weighted by Crippen LogP contribution is 2.46. The third-order valence-corrected chi connectivity index (χ3v) is 7.30. The minimum atomic E-state index is 0.714. The van der Waals surface area contributed by atoms with Crippen molar-refractivity contribution < 1.29 is 0 Å². The van der Waals surface area contributed by atoms with Gasteiger partial charge in [0.1, 0.15) is 0 Å². The summed E-state index contributed by atoms with van der Waals surface area (Å²) in [5.74, 6) is 0.714. The van der Waals surface area contributed by atoms with Crippen LogP contribution >= 0.6 is 0 Å². The number of aryl methyl sites for hydroxylation is 2. The van der Waals surface area contributed by atoms with Gasteiger partial charge >= 0.3 is 0 Å². The molecule has 1 fully saturated rings. The molecule has 1 saturated carbocycles. The summed E-state index contributed by atoms with van der Waals surface area (Å²) in [6, 6.07) is 33.1. The zero-order valence-electron chi connectivity index (χ0n) is 19.4. The van der Waals surface area contributed by atoms with Crippen LogP contribution in [0.2, 0.25) is 0 Å². The lowest BCUT2D eigenvalue weighted by Crippen LogP contribution is -2.10. The van der Waals surface area contributed by atoms with Gasteiger partial charge < -0.3 is 4.90 Å². The van der Waals surface area contributed by atoms with Crippen LogP contribution < -0.4 is 4.90 Å². The Morgan fingerprint density at radius 2 is 1.33 bits per heavy atom. The van der Waals surface area contributed by atoms with Crippen LogP contribution in [0.3, 0.4) is 0 Å². The molecule has 0 aliphatic heterocycles. The van der Waals surface area contributed by atoms with E-state index in [4.69, 9.17) is 0 Å². The molecule has 4 aromatic rings. The topological polar surface area (TPSA) is 3.24 Å². The van der Waals surface area contributed by atoms with Gasteiger partial charge in [-0.05, 0) is 109 Å². The summed E-state index contributed by atoms with van der Waals surface area (Å²) in [7, 11) is 0. The van der Waals surface area contributed by atoms with E-state index < -0.39 is 0 Å². The maximum absolute atomic E-state index is 2.47. The highest BCUT2D eigenvalue weighted by atomic mass is 15.1. The number of benzene rings is 4. The number of hydrogen-bond acceptors (Lipinski definition) is 1. The Bertz CT molecular complexity index is 1290. The first-order chi connectivity index (χ1) is 16.2. The summed E-state index contributed by atoms with van der Waals surface area (Å²) in [6.07, 6.45) is 6.28. The second kappa shape index (κ2) is 8.08. The molecule has 2 aliphatic carbocycles. The summed E-state index contributed by atoms with van der Waals surface area (Å²) in [4.78, 5) is 2.35. The van der Waals surface area contributed by atoms with Crippen molar-refractivity contribution in [3.05, 3.63) is 119 Å². The van der Waals surface area contributed by atoms with Gasteiger partial charge in [0, 0.05) is 17.1 Å². The van der Waals surface area contributed by atoms with Crippen molar-refractivity contribution in [1.82, 2.24) is 0 Å². The molecule has 4 aromatic carbocycles. The van der Waals surface area contributed by atoms with E-state index in [-0.39, 0.29) is 0 Å². The zero-order chi connectivity index (χ0) is 22.4. The van der Waals surface area contributed by atoms with Crippen LogP contribution in [0.15, 0.2) is 96.6 Å². The van der Waals surface area contributed by atoms with E-state index in [1.807, 2.05) is 0 Å². The molecule has 0 radical (unpaired) electrons. The summed E-state index contributed by atoms with van der Waals surface area (Å²) < 4.78 is 0. The molecule has 1 heteroatoms.